The maximum absolute atomic E-state index is 11.7. The predicted octanol–water partition coefficient (Wildman–Crippen LogP) is 0.0670. The number of hydrogen-bond acceptors (Lipinski definition) is 6. The van der Waals surface area contributed by atoms with Crippen molar-refractivity contribution in [1.82, 2.24) is 4.90 Å². The zero-order valence-corrected chi connectivity index (χ0v) is 12.8. The lowest BCUT2D eigenvalue weighted by atomic mass is 10.2. The van der Waals surface area contributed by atoms with Crippen molar-refractivity contribution in [2.24, 2.45) is 5.73 Å². The summed E-state index contributed by atoms with van der Waals surface area (Å²) in [6.45, 7) is 8.02. The molecule has 0 rings (SSSR count). The number of rotatable bonds is 6. The molecule has 0 spiro atoms. The number of ether oxygens (including phenoxy) is 2. The molecule has 7 heteroatoms. The molecule has 0 aliphatic heterocycles. The van der Waals surface area contributed by atoms with Crippen molar-refractivity contribution in [3.8, 4) is 0 Å². The van der Waals surface area contributed by atoms with Gasteiger partial charge in [-0.25, -0.2) is 0 Å². The summed E-state index contributed by atoms with van der Waals surface area (Å²) in [7, 11) is 0. The Balaban J connectivity index is 4.55. The summed E-state index contributed by atoms with van der Waals surface area (Å²) in [5, 5.41) is 0. The zero-order chi connectivity index (χ0) is 15.9. The van der Waals surface area contributed by atoms with Crippen LogP contribution in [0.3, 0.4) is 0 Å². The van der Waals surface area contributed by atoms with Gasteiger partial charge in [0.2, 0.25) is 5.91 Å². The Bertz CT molecular complexity index is 362. The van der Waals surface area contributed by atoms with E-state index in [0.717, 1.165) is 4.90 Å². The SMILES string of the molecule is CCOC(=O)CN(CC(N)C(=O)OC(C)(C)C)C(C)=O. The minimum absolute atomic E-state index is 0.0942. The second kappa shape index (κ2) is 7.84. The van der Waals surface area contributed by atoms with Crippen LogP contribution in [0.2, 0.25) is 0 Å². The van der Waals surface area contributed by atoms with Gasteiger partial charge in [-0.2, -0.15) is 0 Å². The van der Waals surface area contributed by atoms with Crippen LogP contribution in [0.1, 0.15) is 34.6 Å². The highest BCUT2D eigenvalue weighted by atomic mass is 16.6. The first-order chi connectivity index (χ1) is 9.06. The average molecular weight is 288 g/mol. The third-order valence-electron chi connectivity index (χ3n) is 2.20. The average Bonchev–Trinajstić information content (AvgIpc) is 2.25. The Morgan fingerprint density at radius 1 is 1.25 bits per heavy atom. The van der Waals surface area contributed by atoms with Crippen molar-refractivity contribution < 1.29 is 23.9 Å². The van der Waals surface area contributed by atoms with E-state index in [9.17, 15) is 14.4 Å². The van der Waals surface area contributed by atoms with E-state index in [1.807, 2.05) is 0 Å². The lowest BCUT2D eigenvalue weighted by Crippen LogP contribution is -2.48. The summed E-state index contributed by atoms with van der Waals surface area (Å²) in [5.41, 5.74) is 5.04. The molecule has 0 aliphatic carbocycles. The molecule has 0 aliphatic rings. The van der Waals surface area contributed by atoms with Crippen LogP contribution in [0.25, 0.3) is 0 Å². The summed E-state index contributed by atoms with van der Waals surface area (Å²) in [4.78, 5) is 35.7. The molecule has 1 amide bonds. The van der Waals surface area contributed by atoms with Gasteiger partial charge in [-0.05, 0) is 27.7 Å². The zero-order valence-electron chi connectivity index (χ0n) is 12.8. The molecular formula is C13H24N2O5. The van der Waals surface area contributed by atoms with Crippen LogP contribution in [0, 0.1) is 0 Å². The van der Waals surface area contributed by atoms with E-state index in [2.05, 4.69) is 0 Å². The molecule has 1 atom stereocenters. The van der Waals surface area contributed by atoms with Crippen molar-refractivity contribution in [2.45, 2.75) is 46.3 Å². The number of nitrogens with zero attached hydrogens (tertiary/aromatic N) is 1. The predicted molar refractivity (Wildman–Crippen MR) is 72.7 cm³/mol. The van der Waals surface area contributed by atoms with Gasteiger partial charge in [-0.3, -0.25) is 14.4 Å². The van der Waals surface area contributed by atoms with Crippen molar-refractivity contribution in [3.05, 3.63) is 0 Å². The molecule has 7 nitrogen and oxygen atoms in total. The molecular weight excluding hydrogens is 264 g/mol. The van der Waals surface area contributed by atoms with Gasteiger partial charge < -0.3 is 20.1 Å². The smallest absolute Gasteiger partial charge is 0.325 e. The minimum atomic E-state index is -1.01. The topological polar surface area (TPSA) is 98.9 Å². The first kappa shape index (κ1) is 18.4. The number of amides is 1. The highest BCUT2D eigenvalue weighted by Crippen LogP contribution is 2.08. The van der Waals surface area contributed by atoms with E-state index in [-0.39, 0.29) is 25.6 Å². The van der Waals surface area contributed by atoms with Crippen molar-refractivity contribution in [2.75, 3.05) is 19.7 Å². The molecule has 0 saturated heterocycles. The van der Waals surface area contributed by atoms with Crippen molar-refractivity contribution in [1.29, 1.82) is 0 Å². The van der Waals surface area contributed by atoms with Gasteiger partial charge in [0.25, 0.3) is 0 Å². The molecule has 2 N–H and O–H groups in total. The largest absolute Gasteiger partial charge is 0.465 e. The monoisotopic (exact) mass is 288 g/mol. The molecule has 116 valence electrons. The lowest BCUT2D eigenvalue weighted by Gasteiger charge is -2.26. The van der Waals surface area contributed by atoms with Gasteiger partial charge >= 0.3 is 11.9 Å². The van der Waals surface area contributed by atoms with Crippen LogP contribution < -0.4 is 5.73 Å². The van der Waals surface area contributed by atoms with Gasteiger partial charge in [0.1, 0.15) is 18.2 Å². The molecule has 0 aromatic carbocycles. The Hall–Kier alpha value is -1.63. The van der Waals surface area contributed by atoms with Crippen LogP contribution in [-0.2, 0) is 23.9 Å². The molecule has 0 fully saturated rings. The summed E-state index contributed by atoms with van der Waals surface area (Å²) in [5.74, 6) is -1.52. The number of esters is 2. The van der Waals surface area contributed by atoms with Crippen LogP contribution in [0.15, 0.2) is 0 Å². The van der Waals surface area contributed by atoms with E-state index >= 15 is 0 Å². The first-order valence-corrected chi connectivity index (χ1v) is 6.46. The molecule has 0 radical (unpaired) electrons. The van der Waals surface area contributed by atoms with E-state index in [1.54, 1.807) is 27.7 Å². The fourth-order valence-electron chi connectivity index (χ4n) is 1.36. The Kier molecular flexibility index (Phi) is 7.20. The van der Waals surface area contributed by atoms with E-state index in [0.29, 0.717) is 0 Å². The summed E-state index contributed by atoms with van der Waals surface area (Å²) >= 11 is 0. The highest BCUT2D eigenvalue weighted by Gasteiger charge is 2.26. The first-order valence-electron chi connectivity index (χ1n) is 6.46. The summed E-state index contributed by atoms with van der Waals surface area (Å²) < 4.78 is 9.87. The molecule has 0 bridgehead atoms. The van der Waals surface area contributed by atoms with Crippen LogP contribution in [0.5, 0.6) is 0 Å². The standard InChI is InChI=1S/C13H24N2O5/c1-6-19-11(17)8-15(9(2)16)7-10(14)12(18)20-13(3,4)5/h10H,6-8,14H2,1-5H3. The Labute approximate surface area is 119 Å². The normalized spacial score (nSPS) is 12.5. The van der Waals surface area contributed by atoms with Crippen molar-refractivity contribution in [3.63, 3.8) is 0 Å². The van der Waals surface area contributed by atoms with Crippen LogP contribution in [0.4, 0.5) is 0 Å². The Morgan fingerprint density at radius 2 is 1.80 bits per heavy atom. The maximum Gasteiger partial charge on any atom is 0.325 e. The quantitative estimate of drug-likeness (QED) is 0.694. The summed E-state index contributed by atoms with van der Waals surface area (Å²) in [6.07, 6.45) is 0. The number of carbonyl (C=O) groups is 3. The van der Waals surface area contributed by atoms with E-state index < -0.39 is 23.6 Å². The fraction of sp³-hybridized carbons (Fsp3) is 0.769. The molecule has 0 heterocycles. The maximum atomic E-state index is 11.7. The third-order valence-corrected chi connectivity index (χ3v) is 2.20. The molecule has 1 unspecified atom stereocenters. The van der Waals surface area contributed by atoms with Gasteiger partial charge in [-0.1, -0.05) is 0 Å². The van der Waals surface area contributed by atoms with Gasteiger partial charge in [-0.15, -0.1) is 0 Å². The van der Waals surface area contributed by atoms with E-state index in [1.165, 1.54) is 6.92 Å². The van der Waals surface area contributed by atoms with Crippen LogP contribution in [-0.4, -0.2) is 54.1 Å². The van der Waals surface area contributed by atoms with Gasteiger partial charge in [0, 0.05) is 13.5 Å². The van der Waals surface area contributed by atoms with Crippen LogP contribution >= 0.6 is 0 Å². The minimum Gasteiger partial charge on any atom is -0.465 e. The van der Waals surface area contributed by atoms with Gasteiger partial charge in [0.05, 0.1) is 6.61 Å². The second-order valence-corrected chi connectivity index (χ2v) is 5.34. The third kappa shape index (κ3) is 7.73. The molecule has 0 saturated carbocycles. The number of carbonyl (C=O) groups excluding carboxylic acids is 3. The van der Waals surface area contributed by atoms with Gasteiger partial charge in [0.15, 0.2) is 0 Å². The fourth-order valence-corrected chi connectivity index (χ4v) is 1.36. The summed E-state index contributed by atoms with van der Waals surface area (Å²) in [6, 6.07) is -1.01. The van der Waals surface area contributed by atoms with E-state index in [4.69, 9.17) is 15.2 Å². The molecule has 0 aromatic rings. The highest BCUT2D eigenvalue weighted by molar-refractivity contribution is 5.82. The number of nitrogens with two attached hydrogens (primary N) is 1. The second-order valence-electron chi connectivity index (χ2n) is 5.34. The lowest BCUT2D eigenvalue weighted by molar-refractivity contribution is -0.158. The molecule has 20 heavy (non-hydrogen) atoms. The Morgan fingerprint density at radius 3 is 2.20 bits per heavy atom. The molecule has 0 aromatic heterocycles. The number of hydrogen-bond donors (Lipinski definition) is 1. The van der Waals surface area contributed by atoms with Crippen molar-refractivity contribution >= 4 is 17.8 Å².